The molecule has 5 heteroatoms. The number of nitrogens with zero attached hydrogens (tertiary/aromatic N) is 1. The number of halogens is 1. The molecule has 1 N–H and O–H groups in total. The molecule has 2 aromatic carbocycles. The molecule has 0 spiro atoms. The highest BCUT2D eigenvalue weighted by atomic mass is 35.5. The van der Waals surface area contributed by atoms with E-state index in [4.69, 9.17) is 16.3 Å². The Bertz CT molecular complexity index is 699. The van der Waals surface area contributed by atoms with Crippen molar-refractivity contribution in [3.05, 3.63) is 59.1 Å². The molecule has 0 saturated carbocycles. The average Bonchev–Trinajstić information content (AvgIpc) is 2.67. The number of ether oxygens (including phenoxy) is 1. The molecule has 1 amide bonds. The van der Waals surface area contributed by atoms with Crippen LogP contribution < -0.4 is 15.0 Å². The number of amides is 1. The molecule has 2 aromatic rings. The maximum absolute atomic E-state index is 12.4. The van der Waals surface area contributed by atoms with Crippen LogP contribution in [0.3, 0.4) is 0 Å². The highest BCUT2D eigenvalue weighted by Gasteiger charge is 2.19. The van der Waals surface area contributed by atoms with Crippen molar-refractivity contribution in [3.8, 4) is 5.75 Å². The predicted octanol–water partition coefficient (Wildman–Crippen LogP) is 4.66. The summed E-state index contributed by atoms with van der Waals surface area (Å²) >= 11 is 6.11. The van der Waals surface area contributed by atoms with E-state index in [9.17, 15) is 4.79 Å². The minimum Gasteiger partial charge on any atom is -0.479 e. The van der Waals surface area contributed by atoms with Gasteiger partial charge in [-0.15, -0.1) is 0 Å². The molecule has 140 valence electrons. The molecule has 0 aliphatic carbocycles. The lowest BCUT2D eigenvalue weighted by molar-refractivity contribution is -0.128. The predicted molar refractivity (Wildman–Crippen MR) is 108 cm³/mol. The number of carbonyl (C=O) groups excluding carboxylic acids is 1. The van der Waals surface area contributed by atoms with Gasteiger partial charge in [0.25, 0.3) is 5.91 Å². The fourth-order valence-corrected chi connectivity index (χ4v) is 2.91. The maximum atomic E-state index is 12.4. The fourth-order valence-electron chi connectivity index (χ4n) is 2.73. The zero-order chi connectivity index (χ0) is 18.9. The van der Waals surface area contributed by atoms with Crippen molar-refractivity contribution in [1.29, 1.82) is 0 Å². The van der Waals surface area contributed by atoms with Gasteiger partial charge < -0.3 is 15.0 Å². The van der Waals surface area contributed by atoms with Gasteiger partial charge in [-0.1, -0.05) is 42.8 Å². The van der Waals surface area contributed by atoms with Crippen molar-refractivity contribution < 1.29 is 9.53 Å². The Kier molecular flexibility index (Phi) is 7.79. The smallest absolute Gasteiger partial charge is 0.261 e. The van der Waals surface area contributed by atoms with Crippen molar-refractivity contribution in [2.24, 2.45) is 0 Å². The maximum Gasteiger partial charge on any atom is 0.261 e. The highest BCUT2D eigenvalue weighted by molar-refractivity contribution is 6.32. The van der Waals surface area contributed by atoms with E-state index in [-0.39, 0.29) is 5.91 Å². The summed E-state index contributed by atoms with van der Waals surface area (Å²) in [7, 11) is 0. The number of para-hydroxylation sites is 1. The fraction of sp³-hybridized carbons (Fsp3) is 0.381. The molecule has 0 fully saturated rings. The van der Waals surface area contributed by atoms with E-state index in [1.807, 2.05) is 31.2 Å². The molecule has 26 heavy (non-hydrogen) atoms. The molecule has 0 heterocycles. The van der Waals surface area contributed by atoms with Gasteiger partial charge >= 0.3 is 0 Å². The molecular formula is C21H27ClN2O2. The van der Waals surface area contributed by atoms with Crippen LogP contribution in [0.15, 0.2) is 48.5 Å². The van der Waals surface area contributed by atoms with Crippen molar-refractivity contribution in [3.63, 3.8) is 0 Å². The third-order valence-corrected chi connectivity index (χ3v) is 4.61. The Hall–Kier alpha value is -2.20. The van der Waals surface area contributed by atoms with Crippen molar-refractivity contribution in [2.75, 3.05) is 18.0 Å². The van der Waals surface area contributed by atoms with Gasteiger partial charge in [0.15, 0.2) is 6.10 Å². The van der Waals surface area contributed by atoms with E-state index in [1.54, 1.807) is 12.1 Å². The van der Waals surface area contributed by atoms with Crippen LogP contribution in [0.4, 0.5) is 5.69 Å². The van der Waals surface area contributed by atoms with Gasteiger partial charge in [-0.2, -0.15) is 0 Å². The second-order valence-electron chi connectivity index (χ2n) is 6.00. The van der Waals surface area contributed by atoms with Gasteiger partial charge in [-0.25, -0.2) is 0 Å². The number of rotatable bonds is 9. The molecule has 0 radical (unpaired) electrons. The van der Waals surface area contributed by atoms with Gasteiger partial charge in [-0.3, -0.25) is 4.79 Å². The van der Waals surface area contributed by atoms with E-state index in [0.717, 1.165) is 18.7 Å². The Morgan fingerprint density at radius 1 is 1.08 bits per heavy atom. The van der Waals surface area contributed by atoms with E-state index < -0.39 is 6.10 Å². The van der Waals surface area contributed by atoms with Gasteiger partial charge in [0.2, 0.25) is 0 Å². The lowest BCUT2D eigenvalue weighted by Crippen LogP contribution is -2.37. The SMILES string of the molecule is CC[C@H](Oc1ccccc1Cl)C(=O)NCc1ccc(N(CC)CC)cc1. The minimum absolute atomic E-state index is 0.139. The molecule has 0 aliphatic heterocycles. The number of nitrogens with one attached hydrogen (secondary N) is 1. The van der Waals surface area contributed by atoms with E-state index in [0.29, 0.717) is 23.7 Å². The van der Waals surface area contributed by atoms with E-state index in [2.05, 4.69) is 36.2 Å². The standard InChI is InChI=1S/C21H27ClN2O2/c1-4-19(26-20-10-8-7-9-18(20)22)21(25)23-15-16-11-13-17(14-12-16)24(5-2)6-3/h7-14,19H,4-6,15H2,1-3H3,(H,23,25)/t19-/m0/s1. The zero-order valence-corrected chi connectivity index (χ0v) is 16.4. The number of hydrogen-bond donors (Lipinski definition) is 1. The van der Waals surface area contributed by atoms with Gasteiger partial charge in [0, 0.05) is 25.3 Å². The van der Waals surface area contributed by atoms with Crippen LogP contribution >= 0.6 is 11.6 Å². The first-order valence-electron chi connectivity index (χ1n) is 9.11. The van der Waals surface area contributed by atoms with Crippen LogP contribution in [0.1, 0.15) is 32.8 Å². The van der Waals surface area contributed by atoms with Crippen LogP contribution in [-0.2, 0) is 11.3 Å². The number of benzene rings is 2. The lowest BCUT2D eigenvalue weighted by Gasteiger charge is -2.21. The molecule has 0 bridgehead atoms. The van der Waals surface area contributed by atoms with Crippen molar-refractivity contribution >= 4 is 23.2 Å². The summed E-state index contributed by atoms with van der Waals surface area (Å²) in [5, 5.41) is 3.45. The first-order valence-corrected chi connectivity index (χ1v) is 9.49. The van der Waals surface area contributed by atoms with E-state index >= 15 is 0 Å². The minimum atomic E-state index is -0.565. The van der Waals surface area contributed by atoms with Crippen molar-refractivity contribution in [2.45, 2.75) is 39.8 Å². The summed E-state index contributed by atoms with van der Waals surface area (Å²) in [4.78, 5) is 14.7. The monoisotopic (exact) mass is 374 g/mol. The third-order valence-electron chi connectivity index (χ3n) is 4.30. The molecule has 0 saturated heterocycles. The Labute approximate surface area is 161 Å². The van der Waals surface area contributed by atoms with Gasteiger partial charge in [0.05, 0.1) is 5.02 Å². The molecule has 0 unspecified atom stereocenters. The van der Waals surface area contributed by atoms with Crippen molar-refractivity contribution in [1.82, 2.24) is 5.32 Å². The molecule has 4 nitrogen and oxygen atoms in total. The Morgan fingerprint density at radius 2 is 1.73 bits per heavy atom. The van der Waals surface area contributed by atoms with Crippen LogP contribution in [-0.4, -0.2) is 25.1 Å². The first kappa shape index (κ1) is 20.1. The lowest BCUT2D eigenvalue weighted by atomic mass is 10.2. The normalized spacial score (nSPS) is 11.7. The second-order valence-corrected chi connectivity index (χ2v) is 6.41. The molecule has 1 atom stereocenters. The quantitative estimate of drug-likeness (QED) is 0.694. The van der Waals surface area contributed by atoms with Crippen LogP contribution in [0.2, 0.25) is 5.02 Å². The second kappa shape index (κ2) is 10.1. The molecule has 0 aromatic heterocycles. The van der Waals surface area contributed by atoms with Gasteiger partial charge in [0.1, 0.15) is 5.75 Å². The average molecular weight is 375 g/mol. The number of anilines is 1. The Balaban J connectivity index is 1.93. The summed E-state index contributed by atoms with van der Waals surface area (Å²) in [6.07, 6.45) is 0.00246. The van der Waals surface area contributed by atoms with E-state index in [1.165, 1.54) is 5.69 Å². The van der Waals surface area contributed by atoms with Crippen LogP contribution in [0.5, 0.6) is 5.75 Å². The summed E-state index contributed by atoms with van der Waals surface area (Å²) in [6.45, 7) is 8.62. The summed E-state index contributed by atoms with van der Waals surface area (Å²) in [5.41, 5.74) is 2.25. The summed E-state index contributed by atoms with van der Waals surface area (Å²) in [6, 6.07) is 15.5. The third kappa shape index (κ3) is 5.40. The highest BCUT2D eigenvalue weighted by Crippen LogP contribution is 2.25. The topological polar surface area (TPSA) is 41.6 Å². The Morgan fingerprint density at radius 3 is 2.31 bits per heavy atom. The van der Waals surface area contributed by atoms with Crippen LogP contribution in [0, 0.1) is 0 Å². The summed E-state index contributed by atoms with van der Waals surface area (Å²) in [5.74, 6) is 0.389. The van der Waals surface area contributed by atoms with Crippen LogP contribution in [0.25, 0.3) is 0 Å². The molecule has 0 aliphatic rings. The molecule has 2 rings (SSSR count). The van der Waals surface area contributed by atoms with Gasteiger partial charge in [-0.05, 0) is 50.1 Å². The first-order chi connectivity index (χ1) is 12.6. The largest absolute Gasteiger partial charge is 0.479 e. The number of carbonyl (C=O) groups is 1. The molecular weight excluding hydrogens is 348 g/mol. The zero-order valence-electron chi connectivity index (χ0n) is 15.7. The number of hydrogen-bond acceptors (Lipinski definition) is 3. The summed E-state index contributed by atoms with van der Waals surface area (Å²) < 4.78 is 5.77.